The van der Waals surface area contributed by atoms with Crippen LogP contribution in [0.2, 0.25) is 5.02 Å². The summed E-state index contributed by atoms with van der Waals surface area (Å²) in [4.78, 5) is 41.2. The molecule has 0 saturated carbocycles. The van der Waals surface area contributed by atoms with Gasteiger partial charge >= 0.3 is 17.6 Å². The molecule has 4 N–H and O–H groups in total. The lowest BCUT2D eigenvalue weighted by Crippen LogP contribution is -1.91. The number of ether oxygens (including phenoxy) is 4. The minimum atomic E-state index is -1.34. The SMILES string of the molecule is COc1ccc(C=CC(=O)O)cc1OC.COc1ccc(C=O)cc1OC.O=C(O)c1sc2c([N+](=O)[O-])c(O)c(O)cc2c1Cl. The van der Waals surface area contributed by atoms with Crippen LogP contribution in [0, 0.1) is 10.1 Å². The van der Waals surface area contributed by atoms with Gasteiger partial charge in [0.2, 0.25) is 5.75 Å². The van der Waals surface area contributed by atoms with Crippen LogP contribution in [0.25, 0.3) is 16.2 Å². The summed E-state index contributed by atoms with van der Waals surface area (Å²) in [5, 5.41) is 46.8. The van der Waals surface area contributed by atoms with Crippen LogP contribution in [-0.4, -0.2) is 72.0 Å². The van der Waals surface area contributed by atoms with Crippen LogP contribution in [0.1, 0.15) is 25.6 Å². The quantitative estimate of drug-likeness (QED) is 0.0541. The number of phenolic OH excluding ortho intramolecular Hbond substituents is 2. The van der Waals surface area contributed by atoms with Crippen molar-refractivity contribution >= 4 is 63.0 Å². The molecule has 0 bridgehead atoms. The first-order chi connectivity index (χ1) is 21.3. The van der Waals surface area contributed by atoms with Crippen molar-refractivity contribution in [2.75, 3.05) is 28.4 Å². The van der Waals surface area contributed by atoms with Crippen LogP contribution in [0.3, 0.4) is 0 Å². The molecule has 0 atom stereocenters. The molecule has 45 heavy (non-hydrogen) atoms. The van der Waals surface area contributed by atoms with Gasteiger partial charge in [-0.15, -0.1) is 11.3 Å². The number of carboxylic acid groups (broad SMARTS) is 2. The topological polar surface area (TPSA) is 212 Å². The van der Waals surface area contributed by atoms with Gasteiger partial charge in [-0.25, -0.2) is 9.59 Å². The largest absolute Gasteiger partial charge is 0.504 e. The Labute approximate surface area is 264 Å². The average molecular weight is 664 g/mol. The second kappa shape index (κ2) is 16.3. The Morgan fingerprint density at radius 2 is 1.38 bits per heavy atom. The third-order valence-corrected chi connectivity index (χ3v) is 7.30. The molecule has 0 saturated heterocycles. The van der Waals surface area contributed by atoms with Crippen molar-refractivity contribution in [3.63, 3.8) is 0 Å². The molecule has 238 valence electrons. The minimum absolute atomic E-state index is 0.0149. The van der Waals surface area contributed by atoms with Crippen molar-refractivity contribution in [2.45, 2.75) is 0 Å². The Kier molecular flexibility index (Phi) is 13.0. The second-order valence-corrected chi connectivity index (χ2v) is 9.69. The average Bonchev–Trinajstić information content (AvgIpc) is 3.35. The van der Waals surface area contributed by atoms with Gasteiger partial charge in [0.1, 0.15) is 15.9 Å². The summed E-state index contributed by atoms with van der Waals surface area (Å²) >= 11 is 6.33. The number of halogens is 1. The van der Waals surface area contributed by atoms with Crippen molar-refractivity contribution in [1.29, 1.82) is 0 Å². The molecule has 1 heterocycles. The van der Waals surface area contributed by atoms with Crippen molar-refractivity contribution in [1.82, 2.24) is 0 Å². The maximum absolute atomic E-state index is 10.9. The first-order valence-corrected chi connectivity index (χ1v) is 13.4. The van der Waals surface area contributed by atoms with E-state index in [1.54, 1.807) is 50.6 Å². The number of hydrogen-bond donors (Lipinski definition) is 4. The fourth-order valence-corrected chi connectivity index (χ4v) is 4.95. The lowest BCUT2D eigenvalue weighted by molar-refractivity contribution is -0.383. The van der Waals surface area contributed by atoms with Crippen LogP contribution in [0.4, 0.5) is 5.69 Å². The number of carbonyl (C=O) groups excluding carboxylic acids is 1. The summed E-state index contributed by atoms with van der Waals surface area (Å²) in [5.74, 6) is -1.58. The lowest BCUT2D eigenvalue weighted by Gasteiger charge is -2.07. The van der Waals surface area contributed by atoms with E-state index in [2.05, 4.69) is 0 Å². The zero-order valence-electron chi connectivity index (χ0n) is 24.0. The number of hydrogen-bond acceptors (Lipinski definition) is 12. The zero-order valence-corrected chi connectivity index (χ0v) is 25.5. The molecule has 0 spiro atoms. The number of methoxy groups -OCH3 is 4. The summed E-state index contributed by atoms with van der Waals surface area (Å²) < 4.78 is 20.0. The molecule has 0 radical (unpaired) electrons. The summed E-state index contributed by atoms with van der Waals surface area (Å²) in [6.07, 6.45) is 3.33. The molecule has 4 rings (SSSR count). The number of nitro benzene ring substituents is 1. The van der Waals surface area contributed by atoms with Crippen molar-refractivity contribution in [3.8, 4) is 34.5 Å². The number of rotatable bonds is 9. The molecule has 4 aromatic rings. The summed E-state index contributed by atoms with van der Waals surface area (Å²) in [5.41, 5.74) is 0.562. The number of nitro groups is 1. The highest BCUT2D eigenvalue weighted by Gasteiger charge is 2.28. The molecule has 14 nitrogen and oxygen atoms in total. The first kappa shape index (κ1) is 35.7. The smallest absolute Gasteiger partial charge is 0.347 e. The predicted octanol–water partition coefficient (Wildman–Crippen LogP) is 5.89. The molecule has 16 heteroatoms. The van der Waals surface area contributed by atoms with E-state index in [0.29, 0.717) is 39.9 Å². The highest BCUT2D eigenvalue weighted by Crippen LogP contribution is 2.48. The Morgan fingerprint density at radius 1 is 0.867 bits per heavy atom. The van der Waals surface area contributed by atoms with E-state index < -0.39 is 34.0 Å². The van der Waals surface area contributed by atoms with Crippen LogP contribution in [0.15, 0.2) is 48.5 Å². The van der Waals surface area contributed by atoms with E-state index >= 15 is 0 Å². The van der Waals surface area contributed by atoms with Gasteiger partial charge in [-0.3, -0.25) is 14.9 Å². The highest BCUT2D eigenvalue weighted by atomic mass is 35.5. The zero-order chi connectivity index (χ0) is 33.8. The van der Waals surface area contributed by atoms with Crippen LogP contribution < -0.4 is 18.9 Å². The fourth-order valence-electron chi connectivity index (χ4n) is 3.52. The summed E-state index contributed by atoms with van der Waals surface area (Å²) in [6, 6.07) is 11.2. The molecule has 1 aromatic heterocycles. The molecule has 0 aliphatic rings. The van der Waals surface area contributed by atoms with Crippen molar-refractivity contribution < 1.29 is 58.7 Å². The molecule has 0 amide bonds. The fraction of sp³-hybridized carbons (Fsp3) is 0.138. The van der Waals surface area contributed by atoms with Gasteiger partial charge in [-0.1, -0.05) is 17.7 Å². The number of benzene rings is 3. The highest BCUT2D eigenvalue weighted by molar-refractivity contribution is 7.22. The Balaban J connectivity index is 0.000000240. The lowest BCUT2D eigenvalue weighted by atomic mass is 10.2. The van der Waals surface area contributed by atoms with Gasteiger partial charge in [-0.2, -0.15) is 0 Å². The number of fused-ring (bicyclic) bond motifs is 1. The Hall–Kier alpha value is -5.54. The summed E-state index contributed by atoms with van der Waals surface area (Å²) in [6.45, 7) is 0. The number of carboxylic acids is 2. The first-order valence-electron chi connectivity index (χ1n) is 12.2. The molecule has 0 fully saturated rings. The van der Waals surface area contributed by atoms with Gasteiger partial charge in [0, 0.05) is 17.0 Å². The van der Waals surface area contributed by atoms with E-state index in [9.17, 15) is 34.7 Å². The molecule has 0 aliphatic carbocycles. The Morgan fingerprint density at radius 3 is 1.82 bits per heavy atom. The maximum atomic E-state index is 10.9. The van der Waals surface area contributed by atoms with Crippen LogP contribution in [0.5, 0.6) is 34.5 Å². The number of aromatic hydroxyl groups is 2. The number of thiophene rings is 1. The number of aromatic carboxylic acids is 1. The monoisotopic (exact) mass is 663 g/mol. The van der Waals surface area contributed by atoms with E-state index in [0.717, 1.165) is 24.0 Å². The summed E-state index contributed by atoms with van der Waals surface area (Å²) in [7, 11) is 6.16. The Bertz CT molecular complexity index is 1750. The van der Waals surface area contributed by atoms with E-state index in [4.69, 9.17) is 40.8 Å². The minimum Gasteiger partial charge on any atom is -0.504 e. The molecular weight excluding hydrogens is 638 g/mol. The third-order valence-electron chi connectivity index (χ3n) is 5.59. The van der Waals surface area contributed by atoms with E-state index in [1.807, 2.05) is 0 Å². The molecule has 3 aromatic carbocycles. The molecule has 0 unspecified atom stereocenters. The van der Waals surface area contributed by atoms with E-state index in [1.165, 1.54) is 20.3 Å². The number of aldehydes is 1. The van der Waals surface area contributed by atoms with E-state index in [-0.39, 0.29) is 20.0 Å². The molecular formula is C29H26ClNO13S. The van der Waals surface area contributed by atoms with Gasteiger partial charge in [0.25, 0.3) is 0 Å². The standard InChI is InChI=1S/C11H12O4.C9H4ClNO6S.C9H10O3/c1-14-9-5-3-8(4-6-11(12)13)7-10(9)15-2;10-4-2-1-3(12)6(13)5(11(16)17)7(2)18-8(4)9(14)15;1-11-8-4-3-7(6-10)5-9(8)12-2/h3-7H,1-2H3,(H,12,13);1,12-13H,(H,14,15);3-6H,1-2H3. The second-order valence-electron chi connectivity index (χ2n) is 8.30. The normalized spacial score (nSPS) is 10.2. The van der Waals surface area contributed by atoms with Crippen LogP contribution in [-0.2, 0) is 4.79 Å². The van der Waals surface area contributed by atoms with Gasteiger partial charge < -0.3 is 39.4 Å². The van der Waals surface area contributed by atoms with Crippen molar-refractivity contribution in [2.24, 2.45) is 0 Å². The van der Waals surface area contributed by atoms with Crippen LogP contribution >= 0.6 is 22.9 Å². The van der Waals surface area contributed by atoms with Gasteiger partial charge in [-0.05, 0) is 48.0 Å². The van der Waals surface area contributed by atoms with Gasteiger partial charge in [0.15, 0.2) is 28.7 Å². The third kappa shape index (κ3) is 8.98. The van der Waals surface area contributed by atoms with Gasteiger partial charge in [0.05, 0.1) is 38.4 Å². The number of phenols is 2. The number of nitrogens with zero attached hydrogens (tertiary/aromatic N) is 1. The maximum Gasteiger partial charge on any atom is 0.347 e. The predicted molar refractivity (Wildman–Crippen MR) is 165 cm³/mol. The number of aliphatic carboxylic acids is 1. The number of carbonyl (C=O) groups is 3. The van der Waals surface area contributed by atoms with Crippen molar-refractivity contribution in [3.05, 3.63) is 79.7 Å². The molecule has 0 aliphatic heterocycles.